The van der Waals surface area contributed by atoms with Gasteiger partial charge in [0.2, 0.25) is 8.32 Å². The van der Waals surface area contributed by atoms with Gasteiger partial charge in [-0.25, -0.2) is 4.98 Å². The average Bonchev–Trinajstić information content (AvgIpc) is 2.81. The second-order valence-electron chi connectivity index (χ2n) is 5.70. The van der Waals surface area contributed by atoms with E-state index in [0.717, 1.165) is 21.8 Å². The number of hydrogen-bond acceptors (Lipinski definition) is 3. The number of hydrogen-bond donors (Lipinski definition) is 0. The largest absolute Gasteiger partial charge is 0.544 e. The minimum atomic E-state index is -1.62. The van der Waals surface area contributed by atoms with Crippen LogP contribution in [0.4, 0.5) is 0 Å². The Bertz CT molecular complexity index is 712. The Morgan fingerprint density at radius 2 is 1.65 bits per heavy atom. The van der Waals surface area contributed by atoms with E-state index in [4.69, 9.17) is 9.41 Å². The van der Waals surface area contributed by atoms with Gasteiger partial charge in [0.05, 0.1) is 15.8 Å². The maximum absolute atomic E-state index is 6.19. The smallest absolute Gasteiger partial charge is 0.242 e. The van der Waals surface area contributed by atoms with Crippen LogP contribution in [0.15, 0.2) is 48.5 Å². The summed E-state index contributed by atoms with van der Waals surface area (Å²) >= 11 is 1.71. The highest BCUT2D eigenvalue weighted by Gasteiger charge is 2.19. The van der Waals surface area contributed by atoms with Gasteiger partial charge in [-0.3, -0.25) is 0 Å². The molecule has 1 aromatic heterocycles. The Labute approximate surface area is 124 Å². The molecule has 0 aliphatic carbocycles. The standard InChI is InChI=1S/C16H17NOSSi/c1-20(2,3)18-14-10-6-4-8-12(14)16-17-13-9-5-7-11-15(13)19-16/h4-11H,1-3H3. The number of fused-ring (bicyclic) bond motifs is 1. The molecule has 1 heterocycles. The van der Waals surface area contributed by atoms with E-state index in [1.807, 2.05) is 24.3 Å². The second-order valence-corrected chi connectivity index (χ2v) is 11.2. The van der Waals surface area contributed by atoms with Crippen LogP contribution in [0.3, 0.4) is 0 Å². The predicted molar refractivity (Wildman–Crippen MR) is 89.0 cm³/mol. The van der Waals surface area contributed by atoms with Gasteiger partial charge in [0.15, 0.2) is 0 Å². The normalized spacial score (nSPS) is 11.8. The Morgan fingerprint density at radius 1 is 0.950 bits per heavy atom. The van der Waals surface area contributed by atoms with E-state index in [-0.39, 0.29) is 0 Å². The number of aromatic nitrogens is 1. The highest BCUT2D eigenvalue weighted by molar-refractivity contribution is 7.21. The van der Waals surface area contributed by atoms with Gasteiger partial charge in [0.25, 0.3) is 0 Å². The molecule has 102 valence electrons. The first kappa shape index (κ1) is 13.3. The van der Waals surface area contributed by atoms with Gasteiger partial charge in [-0.15, -0.1) is 11.3 Å². The number of para-hydroxylation sites is 2. The van der Waals surface area contributed by atoms with Crippen molar-refractivity contribution in [1.82, 2.24) is 4.98 Å². The van der Waals surface area contributed by atoms with Crippen molar-refractivity contribution in [3.05, 3.63) is 48.5 Å². The molecule has 0 aliphatic heterocycles. The summed E-state index contributed by atoms with van der Waals surface area (Å²) in [6.07, 6.45) is 0. The van der Waals surface area contributed by atoms with Crippen LogP contribution < -0.4 is 4.43 Å². The highest BCUT2D eigenvalue weighted by atomic mass is 32.1. The average molecular weight is 299 g/mol. The summed E-state index contributed by atoms with van der Waals surface area (Å²) in [5.74, 6) is 0.950. The molecule has 2 nitrogen and oxygen atoms in total. The van der Waals surface area contributed by atoms with Crippen molar-refractivity contribution in [3.63, 3.8) is 0 Å². The summed E-state index contributed by atoms with van der Waals surface area (Å²) < 4.78 is 7.40. The maximum Gasteiger partial charge on any atom is 0.242 e. The van der Waals surface area contributed by atoms with Crippen molar-refractivity contribution in [2.75, 3.05) is 0 Å². The van der Waals surface area contributed by atoms with E-state index in [2.05, 4.69) is 43.9 Å². The molecular weight excluding hydrogens is 282 g/mol. The molecule has 4 heteroatoms. The van der Waals surface area contributed by atoms with Gasteiger partial charge in [0, 0.05) is 0 Å². The van der Waals surface area contributed by atoms with E-state index >= 15 is 0 Å². The van der Waals surface area contributed by atoms with E-state index < -0.39 is 8.32 Å². The first-order valence-corrected chi connectivity index (χ1v) is 10.9. The van der Waals surface area contributed by atoms with Crippen LogP contribution in [0.5, 0.6) is 5.75 Å². The van der Waals surface area contributed by atoms with E-state index in [9.17, 15) is 0 Å². The lowest BCUT2D eigenvalue weighted by molar-refractivity contribution is 0.559. The highest BCUT2D eigenvalue weighted by Crippen LogP contribution is 2.36. The number of rotatable bonds is 3. The van der Waals surface area contributed by atoms with Gasteiger partial charge >= 0.3 is 0 Å². The van der Waals surface area contributed by atoms with E-state index in [0.29, 0.717) is 0 Å². The first-order valence-electron chi connectivity index (χ1n) is 6.67. The quantitative estimate of drug-likeness (QED) is 0.622. The third-order valence-electron chi connectivity index (χ3n) is 2.83. The van der Waals surface area contributed by atoms with Gasteiger partial charge in [-0.05, 0) is 43.9 Å². The van der Waals surface area contributed by atoms with Gasteiger partial charge in [-0.1, -0.05) is 24.3 Å². The topological polar surface area (TPSA) is 22.1 Å². The van der Waals surface area contributed by atoms with Crippen molar-refractivity contribution >= 4 is 29.9 Å². The summed E-state index contributed by atoms with van der Waals surface area (Å²) in [5.41, 5.74) is 2.14. The van der Waals surface area contributed by atoms with Crippen LogP contribution in [0, 0.1) is 0 Å². The van der Waals surface area contributed by atoms with Crippen molar-refractivity contribution < 1.29 is 4.43 Å². The molecule has 0 N–H and O–H groups in total. The molecule has 0 fully saturated rings. The summed E-state index contributed by atoms with van der Waals surface area (Å²) in [6, 6.07) is 16.4. The zero-order valence-electron chi connectivity index (χ0n) is 11.9. The molecule has 3 rings (SSSR count). The monoisotopic (exact) mass is 299 g/mol. The summed E-state index contributed by atoms with van der Waals surface area (Å²) in [7, 11) is -1.62. The molecule has 0 atom stereocenters. The van der Waals surface area contributed by atoms with Crippen LogP contribution in [0.1, 0.15) is 0 Å². The Balaban J connectivity index is 2.09. The molecular formula is C16H17NOSSi. The molecule has 0 bridgehead atoms. The van der Waals surface area contributed by atoms with Crippen LogP contribution in [0.25, 0.3) is 20.8 Å². The zero-order chi connectivity index (χ0) is 14.2. The molecule has 20 heavy (non-hydrogen) atoms. The second kappa shape index (κ2) is 5.03. The lowest BCUT2D eigenvalue weighted by atomic mass is 10.2. The van der Waals surface area contributed by atoms with Crippen molar-refractivity contribution in [2.45, 2.75) is 19.6 Å². The minimum absolute atomic E-state index is 0.950. The fourth-order valence-corrected chi connectivity index (χ4v) is 3.88. The third kappa shape index (κ3) is 2.76. The summed E-state index contributed by atoms with van der Waals surface area (Å²) in [6.45, 7) is 6.59. The van der Waals surface area contributed by atoms with Crippen molar-refractivity contribution in [3.8, 4) is 16.3 Å². The lowest BCUT2D eigenvalue weighted by Gasteiger charge is -2.20. The Morgan fingerprint density at radius 3 is 2.40 bits per heavy atom. The Kier molecular flexibility index (Phi) is 3.36. The van der Waals surface area contributed by atoms with E-state index in [1.54, 1.807) is 11.3 Å². The van der Waals surface area contributed by atoms with Gasteiger partial charge < -0.3 is 4.43 Å². The molecule has 0 unspecified atom stereocenters. The van der Waals surface area contributed by atoms with Crippen molar-refractivity contribution in [1.29, 1.82) is 0 Å². The molecule has 0 aliphatic rings. The van der Waals surface area contributed by atoms with Crippen LogP contribution in [-0.4, -0.2) is 13.3 Å². The molecule has 0 amide bonds. The number of thiazole rings is 1. The van der Waals surface area contributed by atoms with Crippen LogP contribution in [-0.2, 0) is 0 Å². The molecule has 0 saturated carbocycles. The number of nitrogens with zero attached hydrogens (tertiary/aromatic N) is 1. The Hall–Kier alpha value is -1.65. The van der Waals surface area contributed by atoms with Gasteiger partial charge in [-0.2, -0.15) is 0 Å². The van der Waals surface area contributed by atoms with E-state index in [1.165, 1.54) is 4.70 Å². The SMILES string of the molecule is C[Si](C)(C)Oc1ccccc1-c1nc2ccccc2s1. The van der Waals surface area contributed by atoms with Crippen LogP contribution in [0.2, 0.25) is 19.6 Å². The van der Waals surface area contributed by atoms with Gasteiger partial charge in [0.1, 0.15) is 10.8 Å². The fraction of sp³-hybridized carbons (Fsp3) is 0.188. The maximum atomic E-state index is 6.19. The minimum Gasteiger partial charge on any atom is -0.544 e. The predicted octanol–water partition coefficient (Wildman–Crippen LogP) is 5.18. The summed E-state index contributed by atoms with van der Waals surface area (Å²) in [5, 5.41) is 1.03. The molecule has 3 aromatic rings. The van der Waals surface area contributed by atoms with Crippen LogP contribution >= 0.6 is 11.3 Å². The molecule has 0 spiro atoms. The van der Waals surface area contributed by atoms with Crippen molar-refractivity contribution in [2.24, 2.45) is 0 Å². The number of benzene rings is 2. The zero-order valence-corrected chi connectivity index (χ0v) is 13.7. The third-order valence-corrected chi connectivity index (χ3v) is 4.73. The fourth-order valence-electron chi connectivity index (χ4n) is 2.05. The molecule has 0 saturated heterocycles. The molecule has 0 radical (unpaired) electrons. The molecule has 2 aromatic carbocycles. The summed E-state index contributed by atoms with van der Waals surface area (Å²) in [4.78, 5) is 4.73. The lowest BCUT2D eigenvalue weighted by Crippen LogP contribution is -2.29. The first-order chi connectivity index (χ1) is 9.53.